The maximum absolute atomic E-state index is 14.7. The molecule has 5 aromatic rings. The maximum Gasteiger partial charge on any atom is 0.262 e. The van der Waals surface area contributed by atoms with E-state index in [-0.39, 0.29) is 105 Å². The Hall–Kier alpha value is -5.83. The molecular weight excluding hydrogens is 1120 g/mol. The Morgan fingerprint density at radius 1 is 0.907 bits per heavy atom. The lowest BCUT2D eigenvalue weighted by molar-refractivity contribution is -0.144. The number of aryl methyl sites for hydroxylation is 2. The summed E-state index contributed by atoms with van der Waals surface area (Å²) in [4.78, 5) is 72.7. The molecule has 4 atom stereocenters. The van der Waals surface area contributed by atoms with Crippen LogP contribution in [0.1, 0.15) is 62.5 Å². The number of rotatable bonds is 24. The number of hydrogen-bond donors (Lipinski definition) is 6. The number of likely N-dealkylation sites (tertiary alicyclic amines) is 1. The number of β-amino-alcohol motifs (C(OH)–C–C–N with tert-alkyl or cyclic N) is 1. The fourth-order valence-corrected chi connectivity index (χ4v) is 10.5. The Balaban J connectivity index is 0.856. The lowest BCUT2D eigenvalue weighted by Gasteiger charge is -2.35. The Bertz CT molecular complexity index is 2990. The van der Waals surface area contributed by atoms with Crippen molar-refractivity contribution >= 4 is 84.8 Å². The molecule has 3 heterocycles. The number of pyridine rings is 1. The first-order chi connectivity index (χ1) is 35.5. The van der Waals surface area contributed by atoms with Crippen LogP contribution in [0.2, 0.25) is 0 Å². The molecule has 75 heavy (non-hydrogen) atoms. The van der Waals surface area contributed by atoms with Gasteiger partial charge >= 0.3 is 0 Å². The van der Waals surface area contributed by atoms with E-state index in [0.717, 1.165) is 21.7 Å². The monoisotopic (exact) mass is 1190 g/mol. The quantitative estimate of drug-likeness (QED) is 0.0331. The zero-order valence-electron chi connectivity index (χ0n) is 42.8. The SMILES string of the molecule is Cc1ncsc1-c1ccc(C(C)NC(=O)C2CC(O)CN2C(=O)C(NC(=O)COCCOCCOCCNC(=O)Cc2ccc(S(=O)(=O)Nc3cc(C)c(=O)n(C)c3Nc3ccc(I)cc3F)cc2)C(C)(C)C)cc1. The van der Waals surface area contributed by atoms with Crippen molar-refractivity contribution in [3.8, 4) is 10.4 Å². The molecule has 1 aliphatic rings. The van der Waals surface area contributed by atoms with Crippen molar-refractivity contribution in [1.82, 2.24) is 30.4 Å². The van der Waals surface area contributed by atoms with Gasteiger partial charge in [-0.25, -0.2) is 17.8 Å². The van der Waals surface area contributed by atoms with Gasteiger partial charge in [0.25, 0.3) is 15.6 Å². The van der Waals surface area contributed by atoms with Gasteiger partial charge in [-0.3, -0.25) is 33.3 Å². The summed E-state index contributed by atoms with van der Waals surface area (Å²) in [6, 6.07) is 17.1. The number of sulfonamides is 1. The number of carbonyl (C=O) groups excluding carboxylic acids is 4. The number of anilines is 3. The standard InChI is InChI=1S/C52H64FIN8O11S2/c1-31-24-42(48(61(7)50(31)67)58-41-17-14-37(54)26-40(41)53)60-75(69,70)39-15-8-34(9-16-39)25-44(64)55-18-19-71-20-21-72-22-23-73-29-45(65)59-47(52(4,5)6)51(68)62-28-38(63)27-43(62)49(66)57-32(2)35-10-12-36(13-11-35)46-33(3)56-30-74-46/h8-17,24,26,30,32,38,43,47,58,60,63H,18-23,25,27-29H2,1-7H3,(H,55,64)(H,57,66)(H,59,65). The summed E-state index contributed by atoms with van der Waals surface area (Å²) in [5.41, 5.74) is 4.41. The molecule has 0 aliphatic carbocycles. The number of nitrogens with one attached hydrogen (secondary N) is 5. The number of hydrogen-bond acceptors (Lipinski definition) is 14. The van der Waals surface area contributed by atoms with Crippen LogP contribution in [0.25, 0.3) is 10.4 Å². The van der Waals surface area contributed by atoms with Gasteiger partial charge in [0.1, 0.15) is 30.3 Å². The molecule has 404 valence electrons. The van der Waals surface area contributed by atoms with E-state index in [1.165, 1.54) is 65.9 Å². The van der Waals surface area contributed by atoms with Gasteiger partial charge in [-0.1, -0.05) is 57.2 Å². The number of aliphatic hydroxyl groups excluding tert-OH is 1. The van der Waals surface area contributed by atoms with Crippen molar-refractivity contribution in [3.05, 3.63) is 120 Å². The number of carbonyl (C=O) groups is 4. The Morgan fingerprint density at radius 3 is 2.21 bits per heavy atom. The molecule has 1 aliphatic heterocycles. The highest BCUT2D eigenvalue weighted by Crippen LogP contribution is 2.31. The summed E-state index contributed by atoms with van der Waals surface area (Å²) in [6.45, 7) is 11.4. The van der Waals surface area contributed by atoms with E-state index in [1.54, 1.807) is 43.7 Å². The predicted molar refractivity (Wildman–Crippen MR) is 292 cm³/mol. The molecule has 3 aromatic carbocycles. The number of aromatic nitrogens is 2. The summed E-state index contributed by atoms with van der Waals surface area (Å²) in [5, 5.41) is 22.0. The van der Waals surface area contributed by atoms with Crippen LogP contribution in [-0.2, 0) is 56.9 Å². The highest BCUT2D eigenvalue weighted by atomic mass is 127. The van der Waals surface area contributed by atoms with E-state index in [4.69, 9.17) is 14.2 Å². The molecule has 6 N–H and O–H groups in total. The molecule has 19 nitrogen and oxygen atoms in total. The van der Waals surface area contributed by atoms with Crippen molar-refractivity contribution in [2.75, 3.05) is 62.8 Å². The van der Waals surface area contributed by atoms with Gasteiger partial charge in [0, 0.05) is 35.7 Å². The second-order valence-electron chi connectivity index (χ2n) is 19.1. The van der Waals surface area contributed by atoms with Gasteiger partial charge in [0.05, 0.1) is 84.0 Å². The largest absolute Gasteiger partial charge is 0.391 e. The number of aliphatic hydroxyl groups is 1. The van der Waals surface area contributed by atoms with Crippen LogP contribution < -0.4 is 31.5 Å². The van der Waals surface area contributed by atoms with Gasteiger partial charge in [-0.2, -0.15) is 0 Å². The number of halogens is 2. The third kappa shape index (κ3) is 16.1. The van der Waals surface area contributed by atoms with Crippen molar-refractivity contribution in [2.45, 2.75) is 83.5 Å². The smallest absolute Gasteiger partial charge is 0.262 e. The van der Waals surface area contributed by atoms with Crippen LogP contribution in [0, 0.1) is 28.6 Å². The van der Waals surface area contributed by atoms with E-state index in [9.17, 15) is 41.9 Å². The van der Waals surface area contributed by atoms with Crippen molar-refractivity contribution in [1.29, 1.82) is 0 Å². The van der Waals surface area contributed by atoms with Gasteiger partial charge < -0.3 is 45.5 Å². The van der Waals surface area contributed by atoms with Crippen LogP contribution in [0.5, 0.6) is 0 Å². The first-order valence-corrected chi connectivity index (χ1v) is 27.6. The molecule has 0 spiro atoms. The molecule has 23 heteroatoms. The molecule has 2 aromatic heterocycles. The Kier molecular flexibility index (Phi) is 20.5. The van der Waals surface area contributed by atoms with E-state index >= 15 is 0 Å². The molecule has 4 unspecified atom stereocenters. The minimum Gasteiger partial charge on any atom is -0.391 e. The van der Waals surface area contributed by atoms with Gasteiger partial charge in [-0.15, -0.1) is 11.3 Å². The fourth-order valence-electron chi connectivity index (χ4n) is 8.16. The average molecular weight is 1190 g/mol. The van der Waals surface area contributed by atoms with Crippen molar-refractivity contribution in [3.63, 3.8) is 0 Å². The van der Waals surface area contributed by atoms with Crippen molar-refractivity contribution in [2.24, 2.45) is 12.5 Å². The van der Waals surface area contributed by atoms with Gasteiger partial charge in [0.15, 0.2) is 0 Å². The second kappa shape index (κ2) is 26.3. The summed E-state index contributed by atoms with van der Waals surface area (Å²) >= 11 is 3.52. The fraction of sp³-hybridized carbons (Fsp3) is 0.423. The molecule has 0 bridgehead atoms. The predicted octanol–water partition coefficient (Wildman–Crippen LogP) is 5.49. The van der Waals surface area contributed by atoms with Gasteiger partial charge in [0.2, 0.25) is 23.6 Å². The highest BCUT2D eigenvalue weighted by molar-refractivity contribution is 14.1. The third-order valence-corrected chi connectivity index (χ3v) is 15.3. The summed E-state index contributed by atoms with van der Waals surface area (Å²) in [5.74, 6) is -2.27. The molecule has 6 rings (SSSR count). The maximum atomic E-state index is 14.7. The number of ether oxygens (including phenoxy) is 3. The lowest BCUT2D eigenvalue weighted by atomic mass is 9.85. The first kappa shape index (κ1) is 58.4. The van der Waals surface area contributed by atoms with Crippen molar-refractivity contribution < 1.29 is 51.3 Å². The normalized spacial score (nSPS) is 15.5. The molecular formula is C52H64FIN8O11S2. The third-order valence-electron chi connectivity index (χ3n) is 12.2. The molecule has 1 fully saturated rings. The van der Waals surface area contributed by atoms with Crippen LogP contribution in [-0.4, -0.2) is 123 Å². The number of benzene rings is 3. The summed E-state index contributed by atoms with van der Waals surface area (Å²) in [6.07, 6.45) is -0.875. The molecule has 0 radical (unpaired) electrons. The Labute approximate surface area is 453 Å². The van der Waals surface area contributed by atoms with Crippen LogP contribution >= 0.6 is 33.9 Å². The highest BCUT2D eigenvalue weighted by Gasteiger charge is 2.44. The zero-order chi connectivity index (χ0) is 54.6. The van der Waals surface area contributed by atoms with Gasteiger partial charge in [-0.05, 0) is 102 Å². The van der Waals surface area contributed by atoms with E-state index in [0.29, 0.717) is 9.13 Å². The molecule has 1 saturated heterocycles. The zero-order valence-corrected chi connectivity index (χ0v) is 46.6. The lowest BCUT2D eigenvalue weighted by Crippen LogP contribution is -2.58. The topological polar surface area (TPSA) is 249 Å². The number of thiazole rings is 1. The first-order valence-electron chi connectivity index (χ1n) is 24.2. The second-order valence-corrected chi connectivity index (χ2v) is 22.9. The van der Waals surface area contributed by atoms with Crippen LogP contribution in [0.15, 0.2) is 88.0 Å². The van der Waals surface area contributed by atoms with E-state index in [1.807, 2.05) is 60.7 Å². The molecule has 0 saturated carbocycles. The van der Waals surface area contributed by atoms with E-state index in [2.05, 4.69) is 31.0 Å². The number of nitrogens with zero attached hydrogens (tertiary/aromatic N) is 3. The summed E-state index contributed by atoms with van der Waals surface area (Å²) in [7, 11) is -2.74. The van der Waals surface area contributed by atoms with E-state index < -0.39 is 62.7 Å². The minimum atomic E-state index is -4.18. The summed E-state index contributed by atoms with van der Waals surface area (Å²) < 4.78 is 62.6. The van der Waals surface area contributed by atoms with Crippen LogP contribution in [0.4, 0.5) is 21.6 Å². The van der Waals surface area contributed by atoms with Crippen LogP contribution in [0.3, 0.4) is 0 Å². The minimum absolute atomic E-state index is 0.0228. The molecule has 4 amide bonds. The number of amides is 4. The Morgan fingerprint density at radius 2 is 1.57 bits per heavy atom. The average Bonchev–Trinajstić information content (AvgIpc) is 3.98.